The standard InChI is InChI=1S/C21H26N4O2/c1-2-22-21(24-15-17-9-4-3-5-10-17)23-13-8-14-25-18-11-6-7-12-19(18)27-16-20(25)26/h3-7,9-12H,2,8,13-16H2,1H3,(H2,22,23,24). The van der Waals surface area contributed by atoms with Crippen LogP contribution in [0.3, 0.4) is 0 Å². The molecule has 0 aromatic heterocycles. The van der Waals surface area contributed by atoms with Gasteiger partial charge in [-0.2, -0.15) is 0 Å². The van der Waals surface area contributed by atoms with Crippen LogP contribution in [0, 0.1) is 0 Å². The number of anilines is 1. The van der Waals surface area contributed by atoms with Crippen LogP contribution in [0.2, 0.25) is 0 Å². The molecule has 0 saturated carbocycles. The van der Waals surface area contributed by atoms with E-state index < -0.39 is 0 Å². The molecule has 27 heavy (non-hydrogen) atoms. The lowest BCUT2D eigenvalue weighted by molar-refractivity contribution is -0.121. The Bertz CT molecular complexity index is 777. The number of carbonyl (C=O) groups excluding carboxylic acids is 1. The number of benzene rings is 2. The molecule has 1 aliphatic heterocycles. The molecule has 0 spiro atoms. The topological polar surface area (TPSA) is 66.0 Å². The highest BCUT2D eigenvalue weighted by Gasteiger charge is 2.24. The van der Waals surface area contributed by atoms with Crippen LogP contribution in [0.1, 0.15) is 18.9 Å². The van der Waals surface area contributed by atoms with Gasteiger partial charge >= 0.3 is 0 Å². The second-order valence-corrected chi connectivity index (χ2v) is 6.26. The smallest absolute Gasteiger partial charge is 0.265 e. The molecule has 142 valence electrons. The summed E-state index contributed by atoms with van der Waals surface area (Å²) in [4.78, 5) is 18.6. The summed E-state index contributed by atoms with van der Waals surface area (Å²) in [6.07, 6.45) is 0.815. The van der Waals surface area contributed by atoms with E-state index in [0.717, 1.165) is 36.9 Å². The van der Waals surface area contributed by atoms with Gasteiger partial charge in [0, 0.05) is 19.6 Å². The number of guanidine groups is 1. The number of amides is 1. The summed E-state index contributed by atoms with van der Waals surface area (Å²) in [7, 11) is 0. The number of ether oxygens (including phenoxy) is 1. The molecule has 0 unspecified atom stereocenters. The molecule has 1 amide bonds. The molecule has 0 radical (unpaired) electrons. The zero-order chi connectivity index (χ0) is 18.9. The van der Waals surface area contributed by atoms with Crippen molar-refractivity contribution in [3.63, 3.8) is 0 Å². The van der Waals surface area contributed by atoms with Crippen molar-refractivity contribution in [1.29, 1.82) is 0 Å². The fourth-order valence-corrected chi connectivity index (χ4v) is 2.94. The Morgan fingerprint density at radius 1 is 1.11 bits per heavy atom. The number of nitrogens with zero attached hydrogens (tertiary/aromatic N) is 2. The first-order chi connectivity index (χ1) is 13.3. The second kappa shape index (κ2) is 9.62. The van der Waals surface area contributed by atoms with Gasteiger partial charge < -0.3 is 20.3 Å². The van der Waals surface area contributed by atoms with Gasteiger partial charge in [-0.3, -0.25) is 4.79 Å². The zero-order valence-electron chi connectivity index (χ0n) is 15.6. The van der Waals surface area contributed by atoms with Crippen LogP contribution in [0.4, 0.5) is 5.69 Å². The Kier molecular flexibility index (Phi) is 6.68. The minimum absolute atomic E-state index is 0.00153. The van der Waals surface area contributed by atoms with E-state index in [1.165, 1.54) is 5.56 Å². The highest BCUT2D eigenvalue weighted by Crippen LogP contribution is 2.31. The van der Waals surface area contributed by atoms with Crippen molar-refractivity contribution in [2.24, 2.45) is 4.99 Å². The van der Waals surface area contributed by atoms with Gasteiger partial charge in [-0.25, -0.2) is 4.99 Å². The lowest BCUT2D eigenvalue weighted by atomic mass is 10.2. The van der Waals surface area contributed by atoms with Crippen LogP contribution in [0.5, 0.6) is 5.75 Å². The normalized spacial score (nSPS) is 13.7. The molecule has 1 heterocycles. The number of carbonyl (C=O) groups is 1. The Balaban J connectivity index is 1.51. The first-order valence-corrected chi connectivity index (χ1v) is 9.36. The fraction of sp³-hybridized carbons (Fsp3) is 0.333. The molecule has 2 N–H and O–H groups in total. The number of nitrogens with one attached hydrogen (secondary N) is 2. The zero-order valence-corrected chi connectivity index (χ0v) is 15.6. The third kappa shape index (κ3) is 5.23. The molecule has 6 heteroatoms. The summed E-state index contributed by atoms with van der Waals surface area (Å²) < 4.78 is 5.48. The van der Waals surface area contributed by atoms with E-state index in [4.69, 9.17) is 4.74 Å². The van der Waals surface area contributed by atoms with Crippen LogP contribution in [-0.2, 0) is 11.3 Å². The van der Waals surface area contributed by atoms with Gasteiger partial charge in [0.15, 0.2) is 12.6 Å². The molecule has 1 aliphatic rings. The van der Waals surface area contributed by atoms with E-state index in [2.05, 4.69) is 27.8 Å². The van der Waals surface area contributed by atoms with Gasteiger partial charge in [-0.05, 0) is 31.0 Å². The van der Waals surface area contributed by atoms with Gasteiger partial charge in [0.1, 0.15) is 5.75 Å². The molecule has 0 fully saturated rings. The maximum Gasteiger partial charge on any atom is 0.265 e. The minimum atomic E-state index is -0.00153. The number of hydrogen-bond acceptors (Lipinski definition) is 3. The maximum absolute atomic E-state index is 12.2. The summed E-state index contributed by atoms with van der Waals surface area (Å²) in [6, 6.07) is 17.8. The first-order valence-electron chi connectivity index (χ1n) is 9.36. The van der Waals surface area contributed by atoms with Crippen molar-refractivity contribution >= 4 is 17.6 Å². The highest BCUT2D eigenvalue weighted by molar-refractivity contribution is 5.97. The predicted octanol–water partition coefficient (Wildman–Crippen LogP) is 2.56. The highest BCUT2D eigenvalue weighted by atomic mass is 16.5. The molecule has 2 aromatic rings. The number of rotatable bonds is 7. The van der Waals surface area contributed by atoms with E-state index in [1.54, 1.807) is 4.90 Å². The van der Waals surface area contributed by atoms with Crippen molar-refractivity contribution in [3.8, 4) is 5.75 Å². The van der Waals surface area contributed by atoms with E-state index in [-0.39, 0.29) is 12.5 Å². The minimum Gasteiger partial charge on any atom is -0.482 e. The SMILES string of the molecule is CCNC(=NCc1ccccc1)NCCCN1C(=O)COc2ccccc21. The third-order valence-electron chi connectivity index (χ3n) is 4.27. The summed E-state index contributed by atoms with van der Waals surface area (Å²) in [5, 5.41) is 6.59. The Hall–Kier alpha value is -3.02. The largest absolute Gasteiger partial charge is 0.482 e. The Labute approximate surface area is 160 Å². The number of para-hydroxylation sites is 2. The molecular weight excluding hydrogens is 340 g/mol. The molecule has 3 rings (SSSR count). The number of fused-ring (bicyclic) bond motifs is 1. The summed E-state index contributed by atoms with van der Waals surface area (Å²) >= 11 is 0. The van der Waals surface area contributed by atoms with E-state index in [9.17, 15) is 4.79 Å². The van der Waals surface area contributed by atoms with Crippen molar-refractivity contribution in [3.05, 3.63) is 60.2 Å². The summed E-state index contributed by atoms with van der Waals surface area (Å²) in [6.45, 7) is 4.95. The average Bonchev–Trinajstić information content (AvgIpc) is 2.71. The Morgan fingerprint density at radius 3 is 2.70 bits per heavy atom. The molecule has 0 atom stereocenters. The third-order valence-corrected chi connectivity index (χ3v) is 4.27. The molecule has 0 aliphatic carbocycles. The summed E-state index contributed by atoms with van der Waals surface area (Å²) in [5.74, 6) is 1.55. The van der Waals surface area contributed by atoms with Gasteiger partial charge in [0.05, 0.1) is 12.2 Å². The second-order valence-electron chi connectivity index (χ2n) is 6.26. The lowest BCUT2D eigenvalue weighted by Crippen LogP contribution is -2.42. The van der Waals surface area contributed by atoms with Crippen molar-refractivity contribution in [2.45, 2.75) is 19.9 Å². The van der Waals surface area contributed by atoms with E-state index in [0.29, 0.717) is 13.1 Å². The monoisotopic (exact) mass is 366 g/mol. The van der Waals surface area contributed by atoms with Crippen molar-refractivity contribution in [2.75, 3.05) is 31.1 Å². The van der Waals surface area contributed by atoms with Gasteiger partial charge in [-0.1, -0.05) is 42.5 Å². The lowest BCUT2D eigenvalue weighted by Gasteiger charge is -2.29. The molecule has 2 aromatic carbocycles. The van der Waals surface area contributed by atoms with Gasteiger partial charge in [0.2, 0.25) is 0 Å². The van der Waals surface area contributed by atoms with Crippen LogP contribution in [0.25, 0.3) is 0 Å². The fourth-order valence-electron chi connectivity index (χ4n) is 2.94. The van der Waals surface area contributed by atoms with Gasteiger partial charge in [0.25, 0.3) is 5.91 Å². The molecule has 0 saturated heterocycles. The first kappa shape index (κ1) is 18.8. The maximum atomic E-state index is 12.2. The molecule has 0 bridgehead atoms. The summed E-state index contributed by atoms with van der Waals surface area (Å²) in [5.41, 5.74) is 2.02. The van der Waals surface area contributed by atoms with Crippen LogP contribution >= 0.6 is 0 Å². The average molecular weight is 366 g/mol. The van der Waals surface area contributed by atoms with Gasteiger partial charge in [-0.15, -0.1) is 0 Å². The van der Waals surface area contributed by atoms with Crippen LogP contribution < -0.4 is 20.3 Å². The molecule has 6 nitrogen and oxygen atoms in total. The molecular formula is C21H26N4O2. The van der Waals surface area contributed by atoms with Crippen LogP contribution in [0.15, 0.2) is 59.6 Å². The number of aliphatic imine (C=N–C) groups is 1. The quantitative estimate of drug-likeness (QED) is 0.449. The van der Waals surface area contributed by atoms with E-state index in [1.807, 2.05) is 49.4 Å². The van der Waals surface area contributed by atoms with Crippen molar-refractivity contribution in [1.82, 2.24) is 10.6 Å². The van der Waals surface area contributed by atoms with Crippen molar-refractivity contribution < 1.29 is 9.53 Å². The van der Waals surface area contributed by atoms with Crippen LogP contribution in [-0.4, -0.2) is 38.1 Å². The number of hydrogen-bond donors (Lipinski definition) is 2. The van der Waals surface area contributed by atoms with E-state index >= 15 is 0 Å². The predicted molar refractivity (Wildman–Crippen MR) is 108 cm³/mol. The Morgan fingerprint density at radius 2 is 1.89 bits per heavy atom.